The van der Waals surface area contributed by atoms with E-state index in [4.69, 9.17) is 17.2 Å². The van der Waals surface area contributed by atoms with E-state index in [2.05, 4.69) is 54.1 Å². The molecule has 0 aromatic carbocycles. The maximum absolute atomic E-state index is 5.65. The lowest BCUT2D eigenvalue weighted by atomic mass is 9.80. The zero-order chi connectivity index (χ0) is 22.4. The highest BCUT2D eigenvalue weighted by Gasteiger charge is 2.40. The SMILES string of the molecule is CN1CCN(c2ccc(Nc3ncc4cc5n(c4n3)C3(CCCCC3)CNC5=S)nc2)CC1. The summed E-state index contributed by atoms with van der Waals surface area (Å²) in [7, 11) is 2.17. The van der Waals surface area contributed by atoms with Crippen LogP contribution in [0.25, 0.3) is 11.0 Å². The molecular weight excluding hydrogens is 432 g/mol. The fourth-order valence-corrected chi connectivity index (χ4v) is 5.77. The van der Waals surface area contributed by atoms with Gasteiger partial charge in [0.05, 0.1) is 23.1 Å². The van der Waals surface area contributed by atoms with Crippen molar-refractivity contribution >= 4 is 45.7 Å². The van der Waals surface area contributed by atoms with Crippen molar-refractivity contribution in [1.29, 1.82) is 0 Å². The van der Waals surface area contributed by atoms with Gasteiger partial charge in [-0.1, -0.05) is 31.5 Å². The standard InChI is InChI=1S/C24H30N8S/c1-30-9-11-31(12-10-30)18-5-6-20(25-15-18)28-23-26-14-17-13-19-22(33)27-16-24(7-3-2-4-8-24)32(19)21(17)29-23/h5-6,13-15H,2-4,7-12,16H2,1H3,(H,27,33)(H,25,26,28,29). The van der Waals surface area contributed by atoms with E-state index in [1.807, 2.05) is 18.5 Å². The van der Waals surface area contributed by atoms with E-state index in [9.17, 15) is 0 Å². The van der Waals surface area contributed by atoms with E-state index in [1.54, 1.807) is 0 Å². The first-order chi connectivity index (χ1) is 16.1. The second kappa shape index (κ2) is 8.22. The van der Waals surface area contributed by atoms with Gasteiger partial charge in [-0.05, 0) is 38.1 Å². The molecule has 2 aliphatic heterocycles. The van der Waals surface area contributed by atoms with Gasteiger partial charge in [-0.3, -0.25) is 0 Å². The van der Waals surface area contributed by atoms with Crippen molar-refractivity contribution < 1.29 is 0 Å². The van der Waals surface area contributed by atoms with E-state index in [-0.39, 0.29) is 5.54 Å². The molecule has 0 amide bonds. The molecular formula is C24H30N8S. The van der Waals surface area contributed by atoms with Crippen molar-refractivity contribution in [2.75, 3.05) is 50.0 Å². The minimum absolute atomic E-state index is 0.0473. The number of nitrogens with one attached hydrogen (secondary N) is 2. The molecule has 1 aliphatic carbocycles. The van der Waals surface area contributed by atoms with Crippen LogP contribution in [-0.4, -0.2) is 69.2 Å². The van der Waals surface area contributed by atoms with Crippen LogP contribution < -0.4 is 15.5 Å². The summed E-state index contributed by atoms with van der Waals surface area (Å²) in [4.78, 5) is 19.7. The largest absolute Gasteiger partial charge is 0.372 e. The minimum Gasteiger partial charge on any atom is -0.372 e. The molecule has 2 fully saturated rings. The number of thiocarbonyl (C=S) groups is 1. The molecule has 0 bridgehead atoms. The monoisotopic (exact) mass is 462 g/mol. The number of rotatable bonds is 3. The smallest absolute Gasteiger partial charge is 0.230 e. The number of hydrogen-bond acceptors (Lipinski definition) is 7. The third-order valence-corrected chi connectivity index (χ3v) is 7.82. The van der Waals surface area contributed by atoms with Crippen LogP contribution in [0.4, 0.5) is 17.5 Å². The summed E-state index contributed by atoms with van der Waals surface area (Å²) in [5.74, 6) is 1.32. The highest BCUT2D eigenvalue weighted by atomic mass is 32.1. The molecule has 1 saturated heterocycles. The first-order valence-electron chi connectivity index (χ1n) is 12.0. The number of fused-ring (bicyclic) bond motifs is 4. The number of pyridine rings is 1. The van der Waals surface area contributed by atoms with Crippen molar-refractivity contribution in [3.05, 3.63) is 36.3 Å². The second-order valence-corrected chi connectivity index (χ2v) is 10.0. The summed E-state index contributed by atoms with van der Waals surface area (Å²) in [6.45, 7) is 5.10. The first-order valence-corrected chi connectivity index (χ1v) is 12.4. The van der Waals surface area contributed by atoms with Crippen LogP contribution in [0.1, 0.15) is 37.8 Å². The second-order valence-electron chi connectivity index (χ2n) is 9.62. The molecule has 172 valence electrons. The van der Waals surface area contributed by atoms with Gasteiger partial charge in [0.1, 0.15) is 16.5 Å². The lowest BCUT2D eigenvalue weighted by molar-refractivity contribution is 0.193. The van der Waals surface area contributed by atoms with E-state index in [0.717, 1.165) is 78.8 Å². The third-order valence-electron chi connectivity index (χ3n) is 7.47. The molecule has 3 aromatic heterocycles. The lowest BCUT2D eigenvalue weighted by Crippen LogP contribution is -2.52. The van der Waals surface area contributed by atoms with Crippen LogP contribution >= 0.6 is 12.2 Å². The van der Waals surface area contributed by atoms with Crippen LogP contribution in [-0.2, 0) is 5.54 Å². The van der Waals surface area contributed by atoms with Gasteiger partial charge in [0.15, 0.2) is 0 Å². The summed E-state index contributed by atoms with van der Waals surface area (Å²) < 4.78 is 2.40. The summed E-state index contributed by atoms with van der Waals surface area (Å²) in [6, 6.07) is 6.27. The van der Waals surface area contributed by atoms with Crippen molar-refractivity contribution in [2.45, 2.75) is 37.6 Å². The first kappa shape index (κ1) is 20.8. The Balaban J connectivity index is 1.29. The molecule has 33 heavy (non-hydrogen) atoms. The Morgan fingerprint density at radius 2 is 1.85 bits per heavy atom. The van der Waals surface area contributed by atoms with Gasteiger partial charge in [0, 0.05) is 44.3 Å². The Bertz CT molecular complexity index is 1170. The van der Waals surface area contributed by atoms with Gasteiger partial charge in [-0.15, -0.1) is 0 Å². The van der Waals surface area contributed by atoms with Gasteiger partial charge in [-0.2, -0.15) is 4.98 Å². The molecule has 3 aromatic rings. The summed E-state index contributed by atoms with van der Waals surface area (Å²) >= 11 is 5.65. The maximum atomic E-state index is 5.65. The number of nitrogens with zero attached hydrogens (tertiary/aromatic N) is 6. The zero-order valence-electron chi connectivity index (χ0n) is 19.0. The highest BCUT2D eigenvalue weighted by molar-refractivity contribution is 7.80. The molecule has 1 saturated carbocycles. The van der Waals surface area contributed by atoms with Gasteiger partial charge >= 0.3 is 0 Å². The predicted octanol–water partition coefficient (Wildman–Crippen LogP) is 3.26. The molecule has 5 heterocycles. The number of hydrogen-bond donors (Lipinski definition) is 2. The van der Waals surface area contributed by atoms with Gasteiger partial charge < -0.3 is 25.0 Å². The lowest BCUT2D eigenvalue weighted by Gasteiger charge is -2.43. The predicted molar refractivity (Wildman–Crippen MR) is 136 cm³/mol. The molecule has 0 atom stereocenters. The maximum Gasteiger partial charge on any atom is 0.230 e. The summed E-state index contributed by atoms with van der Waals surface area (Å²) in [6.07, 6.45) is 9.93. The van der Waals surface area contributed by atoms with E-state index >= 15 is 0 Å². The summed E-state index contributed by atoms with van der Waals surface area (Å²) in [5, 5.41) is 7.82. The number of anilines is 3. The topological polar surface area (TPSA) is 74.1 Å². The number of aromatic nitrogens is 4. The molecule has 1 spiro atoms. The fraction of sp³-hybridized carbons (Fsp3) is 0.500. The Morgan fingerprint density at radius 3 is 2.61 bits per heavy atom. The zero-order valence-corrected chi connectivity index (χ0v) is 19.9. The molecule has 6 rings (SSSR count). The van der Waals surface area contributed by atoms with Crippen molar-refractivity contribution in [1.82, 2.24) is 29.7 Å². The normalized spacial score (nSPS) is 20.6. The molecule has 0 unspecified atom stereocenters. The molecule has 3 aliphatic rings. The van der Waals surface area contributed by atoms with Crippen molar-refractivity contribution in [3.63, 3.8) is 0 Å². The molecule has 9 heteroatoms. The van der Waals surface area contributed by atoms with Crippen LogP contribution in [0, 0.1) is 0 Å². The highest BCUT2D eigenvalue weighted by Crippen LogP contribution is 2.40. The number of piperazine rings is 1. The van der Waals surface area contributed by atoms with E-state index in [1.165, 1.54) is 19.3 Å². The Hall–Kier alpha value is -2.78. The van der Waals surface area contributed by atoms with Crippen LogP contribution in [0.5, 0.6) is 0 Å². The van der Waals surface area contributed by atoms with Gasteiger partial charge in [0.2, 0.25) is 5.95 Å². The van der Waals surface area contributed by atoms with Crippen LogP contribution in [0.2, 0.25) is 0 Å². The van der Waals surface area contributed by atoms with Crippen LogP contribution in [0.15, 0.2) is 30.6 Å². The summed E-state index contributed by atoms with van der Waals surface area (Å²) in [5.41, 5.74) is 3.23. The Morgan fingerprint density at radius 1 is 1.03 bits per heavy atom. The van der Waals surface area contributed by atoms with Crippen molar-refractivity contribution in [2.24, 2.45) is 0 Å². The quantitative estimate of drug-likeness (QED) is 0.575. The van der Waals surface area contributed by atoms with Crippen LogP contribution in [0.3, 0.4) is 0 Å². The Kier molecular flexibility index (Phi) is 5.18. The molecule has 2 N–H and O–H groups in total. The minimum atomic E-state index is 0.0473. The van der Waals surface area contributed by atoms with Gasteiger partial charge in [0.25, 0.3) is 0 Å². The van der Waals surface area contributed by atoms with Crippen molar-refractivity contribution in [3.8, 4) is 0 Å². The van der Waals surface area contributed by atoms with E-state index in [0.29, 0.717) is 5.95 Å². The molecule has 0 radical (unpaired) electrons. The average molecular weight is 463 g/mol. The van der Waals surface area contributed by atoms with Gasteiger partial charge in [-0.25, -0.2) is 9.97 Å². The number of likely N-dealkylation sites (N-methyl/N-ethyl adjacent to an activating group) is 1. The Labute approximate surface area is 199 Å². The fourth-order valence-electron chi connectivity index (χ4n) is 5.55. The van der Waals surface area contributed by atoms with E-state index < -0.39 is 0 Å². The third kappa shape index (κ3) is 3.73. The average Bonchev–Trinajstić information content (AvgIpc) is 3.24. The molecule has 8 nitrogen and oxygen atoms in total.